The van der Waals surface area contributed by atoms with E-state index >= 15 is 0 Å². The molecule has 1 N–H and O–H groups in total. The molecule has 2 aromatic carbocycles. The highest BCUT2D eigenvalue weighted by atomic mass is 79.9. The van der Waals surface area contributed by atoms with Crippen LogP contribution in [-0.4, -0.2) is 25.0 Å². The molecule has 0 bridgehead atoms. The average Bonchev–Trinajstić information content (AvgIpc) is 2.41. The summed E-state index contributed by atoms with van der Waals surface area (Å²) in [6, 6.07) is 14.9. The molecule has 0 saturated heterocycles. The van der Waals surface area contributed by atoms with Gasteiger partial charge in [0.15, 0.2) is 0 Å². The predicted molar refractivity (Wildman–Crippen MR) is 85.4 cm³/mol. The van der Waals surface area contributed by atoms with Gasteiger partial charge in [-0.2, -0.15) is 0 Å². The molecule has 106 valence electrons. The predicted octanol–water partition coefficient (Wildman–Crippen LogP) is 4.13. The fourth-order valence-electron chi connectivity index (χ4n) is 1.97. The molecule has 0 aliphatic heterocycles. The van der Waals surface area contributed by atoms with Gasteiger partial charge in [0.1, 0.15) is 5.82 Å². The Morgan fingerprint density at radius 1 is 1.15 bits per heavy atom. The summed E-state index contributed by atoms with van der Waals surface area (Å²) in [5, 5.41) is 3.22. The van der Waals surface area contributed by atoms with E-state index in [2.05, 4.69) is 45.3 Å². The second-order valence-electron chi connectivity index (χ2n) is 4.80. The number of benzene rings is 2. The Morgan fingerprint density at radius 2 is 1.90 bits per heavy atom. The lowest BCUT2D eigenvalue weighted by molar-refractivity contribution is 0.340. The summed E-state index contributed by atoms with van der Waals surface area (Å²) in [6.45, 7) is 2.58. The SMILES string of the molecule is CN(CCNc1cccc(F)c1)Cc1ccc(Br)cc1. The molecule has 0 heterocycles. The Balaban J connectivity index is 1.75. The van der Waals surface area contributed by atoms with Crippen LogP contribution in [0.15, 0.2) is 53.0 Å². The van der Waals surface area contributed by atoms with Crippen LogP contribution in [-0.2, 0) is 6.54 Å². The van der Waals surface area contributed by atoms with Crippen molar-refractivity contribution in [3.63, 3.8) is 0 Å². The molecule has 0 spiro atoms. The second kappa shape index (κ2) is 7.41. The fourth-order valence-corrected chi connectivity index (χ4v) is 2.23. The van der Waals surface area contributed by atoms with Crippen molar-refractivity contribution < 1.29 is 4.39 Å². The molecule has 0 aromatic heterocycles. The van der Waals surface area contributed by atoms with Gasteiger partial charge in [0.2, 0.25) is 0 Å². The lowest BCUT2D eigenvalue weighted by Crippen LogP contribution is -2.24. The van der Waals surface area contributed by atoms with Gasteiger partial charge in [0.25, 0.3) is 0 Å². The summed E-state index contributed by atoms with van der Waals surface area (Å²) < 4.78 is 14.1. The minimum absolute atomic E-state index is 0.210. The number of rotatable bonds is 6. The van der Waals surface area contributed by atoms with Gasteiger partial charge in [-0.25, -0.2) is 4.39 Å². The molecule has 0 fully saturated rings. The van der Waals surface area contributed by atoms with Crippen molar-refractivity contribution in [1.29, 1.82) is 0 Å². The molecule has 0 aliphatic rings. The fraction of sp³-hybridized carbons (Fsp3) is 0.250. The van der Waals surface area contributed by atoms with Gasteiger partial charge in [-0.05, 0) is 42.9 Å². The monoisotopic (exact) mass is 336 g/mol. The van der Waals surface area contributed by atoms with E-state index in [1.807, 2.05) is 18.2 Å². The number of halogens is 2. The van der Waals surface area contributed by atoms with Gasteiger partial charge in [-0.3, -0.25) is 0 Å². The zero-order valence-electron chi connectivity index (χ0n) is 11.4. The first-order valence-electron chi connectivity index (χ1n) is 6.56. The van der Waals surface area contributed by atoms with E-state index in [-0.39, 0.29) is 5.82 Å². The van der Waals surface area contributed by atoms with Crippen LogP contribution in [0.25, 0.3) is 0 Å². The van der Waals surface area contributed by atoms with E-state index in [1.54, 1.807) is 6.07 Å². The van der Waals surface area contributed by atoms with Crippen molar-refractivity contribution in [2.24, 2.45) is 0 Å². The van der Waals surface area contributed by atoms with Crippen molar-refractivity contribution in [1.82, 2.24) is 4.90 Å². The number of likely N-dealkylation sites (N-methyl/N-ethyl adjacent to an activating group) is 1. The second-order valence-corrected chi connectivity index (χ2v) is 5.72. The van der Waals surface area contributed by atoms with Gasteiger partial charge >= 0.3 is 0 Å². The van der Waals surface area contributed by atoms with E-state index in [1.165, 1.54) is 17.7 Å². The summed E-state index contributed by atoms with van der Waals surface area (Å²) in [5.74, 6) is -0.210. The third-order valence-electron chi connectivity index (χ3n) is 3.01. The Labute approximate surface area is 127 Å². The van der Waals surface area contributed by atoms with E-state index in [9.17, 15) is 4.39 Å². The molecule has 0 aliphatic carbocycles. The first kappa shape index (κ1) is 15.0. The number of hydrogen-bond donors (Lipinski definition) is 1. The smallest absolute Gasteiger partial charge is 0.125 e. The van der Waals surface area contributed by atoms with Crippen molar-refractivity contribution in [2.45, 2.75) is 6.54 Å². The topological polar surface area (TPSA) is 15.3 Å². The molecule has 4 heteroatoms. The lowest BCUT2D eigenvalue weighted by atomic mass is 10.2. The minimum Gasteiger partial charge on any atom is -0.384 e. The molecular formula is C16H18BrFN2. The van der Waals surface area contributed by atoms with Crippen molar-refractivity contribution in [3.05, 3.63) is 64.4 Å². The Bertz CT molecular complexity index is 542. The van der Waals surface area contributed by atoms with Crippen LogP contribution in [0.5, 0.6) is 0 Å². The maximum Gasteiger partial charge on any atom is 0.125 e. The summed E-state index contributed by atoms with van der Waals surface area (Å²) in [6.07, 6.45) is 0. The highest BCUT2D eigenvalue weighted by Crippen LogP contribution is 2.12. The largest absolute Gasteiger partial charge is 0.384 e. The standard InChI is InChI=1S/C16H18BrFN2/c1-20(12-13-5-7-14(17)8-6-13)10-9-19-16-4-2-3-15(18)11-16/h2-8,11,19H,9-10,12H2,1H3. The summed E-state index contributed by atoms with van der Waals surface area (Å²) in [7, 11) is 2.08. The first-order chi connectivity index (χ1) is 9.63. The third-order valence-corrected chi connectivity index (χ3v) is 3.54. The molecule has 0 radical (unpaired) electrons. The van der Waals surface area contributed by atoms with Crippen molar-refractivity contribution in [2.75, 3.05) is 25.5 Å². The normalized spacial score (nSPS) is 10.8. The molecule has 2 nitrogen and oxygen atoms in total. The molecule has 0 unspecified atom stereocenters. The molecule has 0 atom stereocenters. The number of nitrogens with one attached hydrogen (secondary N) is 1. The Kier molecular flexibility index (Phi) is 5.56. The molecule has 20 heavy (non-hydrogen) atoms. The molecule has 2 aromatic rings. The number of anilines is 1. The first-order valence-corrected chi connectivity index (χ1v) is 7.35. The van der Waals surface area contributed by atoms with Gasteiger partial charge in [0, 0.05) is 29.8 Å². The maximum absolute atomic E-state index is 13.0. The van der Waals surface area contributed by atoms with Gasteiger partial charge in [-0.1, -0.05) is 34.1 Å². The van der Waals surface area contributed by atoms with Gasteiger partial charge in [0.05, 0.1) is 0 Å². The third kappa shape index (κ3) is 4.94. The number of nitrogens with zero attached hydrogens (tertiary/aromatic N) is 1. The zero-order valence-corrected chi connectivity index (χ0v) is 13.0. The van der Waals surface area contributed by atoms with Crippen LogP contribution in [0.2, 0.25) is 0 Å². The van der Waals surface area contributed by atoms with Gasteiger partial charge in [-0.15, -0.1) is 0 Å². The van der Waals surface area contributed by atoms with Crippen LogP contribution in [0, 0.1) is 5.82 Å². The lowest BCUT2D eigenvalue weighted by Gasteiger charge is -2.17. The molecule has 0 saturated carbocycles. The minimum atomic E-state index is -0.210. The zero-order chi connectivity index (χ0) is 14.4. The van der Waals surface area contributed by atoms with Crippen LogP contribution < -0.4 is 5.32 Å². The van der Waals surface area contributed by atoms with E-state index in [0.29, 0.717) is 0 Å². The van der Waals surface area contributed by atoms with Crippen LogP contribution >= 0.6 is 15.9 Å². The van der Waals surface area contributed by atoms with Crippen LogP contribution in [0.4, 0.5) is 10.1 Å². The average molecular weight is 337 g/mol. The Hall–Kier alpha value is -1.39. The quantitative estimate of drug-likeness (QED) is 0.853. The van der Waals surface area contributed by atoms with E-state index in [0.717, 1.165) is 29.8 Å². The summed E-state index contributed by atoms with van der Waals surface area (Å²) >= 11 is 3.43. The molecule has 2 rings (SSSR count). The summed E-state index contributed by atoms with van der Waals surface area (Å²) in [4.78, 5) is 2.23. The molecular weight excluding hydrogens is 319 g/mol. The Morgan fingerprint density at radius 3 is 2.60 bits per heavy atom. The number of hydrogen-bond acceptors (Lipinski definition) is 2. The van der Waals surface area contributed by atoms with E-state index < -0.39 is 0 Å². The molecule has 0 amide bonds. The van der Waals surface area contributed by atoms with Gasteiger partial charge < -0.3 is 10.2 Å². The highest BCUT2D eigenvalue weighted by Gasteiger charge is 2.01. The van der Waals surface area contributed by atoms with Crippen molar-refractivity contribution in [3.8, 4) is 0 Å². The highest BCUT2D eigenvalue weighted by molar-refractivity contribution is 9.10. The van der Waals surface area contributed by atoms with Crippen LogP contribution in [0.1, 0.15) is 5.56 Å². The van der Waals surface area contributed by atoms with E-state index in [4.69, 9.17) is 0 Å². The van der Waals surface area contributed by atoms with Crippen molar-refractivity contribution >= 4 is 21.6 Å². The maximum atomic E-state index is 13.0. The van der Waals surface area contributed by atoms with Crippen LogP contribution in [0.3, 0.4) is 0 Å². The summed E-state index contributed by atoms with van der Waals surface area (Å²) in [5.41, 5.74) is 2.10.